The van der Waals surface area contributed by atoms with E-state index in [1.165, 1.54) is 25.8 Å². The molecule has 2 rings (SSSR count). The van der Waals surface area contributed by atoms with Crippen LogP contribution in [-0.2, 0) is 0 Å². The molecule has 0 radical (unpaired) electrons. The molecule has 2 aliphatic rings. The molecule has 70 valence electrons. The summed E-state index contributed by atoms with van der Waals surface area (Å²) >= 11 is 0. The maximum absolute atomic E-state index is 3.22. The third-order valence-corrected chi connectivity index (χ3v) is 3.70. The maximum Gasteiger partial charge on any atom is -0.00518 e. The first-order valence-corrected chi connectivity index (χ1v) is 5.47. The van der Waals surface area contributed by atoms with E-state index in [9.17, 15) is 0 Å². The maximum atomic E-state index is 3.22. The van der Waals surface area contributed by atoms with Crippen LogP contribution in [0.25, 0.3) is 0 Å². The third kappa shape index (κ3) is 1.82. The first kappa shape index (κ1) is 8.55. The van der Waals surface area contributed by atoms with Crippen LogP contribution >= 0.6 is 0 Å². The van der Waals surface area contributed by atoms with E-state index in [0.29, 0.717) is 0 Å². The molecule has 4 unspecified atom stereocenters. The number of rotatable bonds is 5. The summed E-state index contributed by atoms with van der Waals surface area (Å²) in [5.41, 5.74) is 0. The molecule has 1 N–H and O–H groups in total. The van der Waals surface area contributed by atoms with E-state index in [2.05, 4.69) is 12.2 Å². The van der Waals surface area contributed by atoms with Crippen molar-refractivity contribution in [1.82, 2.24) is 5.32 Å². The second-order valence-electron chi connectivity index (χ2n) is 4.78. The highest BCUT2D eigenvalue weighted by Gasteiger charge is 2.50. The summed E-state index contributed by atoms with van der Waals surface area (Å²) < 4.78 is 0. The monoisotopic (exact) mass is 167 g/mol. The standard InChI is InChI=1S/C11H21N/c1-8-6-10(8)11-7-9(11)4-3-5-12-2/h8-12H,3-7H2,1-2H3. The molecule has 2 saturated carbocycles. The van der Waals surface area contributed by atoms with Gasteiger partial charge in [-0.3, -0.25) is 0 Å². The van der Waals surface area contributed by atoms with Crippen molar-refractivity contribution in [3.63, 3.8) is 0 Å². The van der Waals surface area contributed by atoms with Gasteiger partial charge in [-0.25, -0.2) is 0 Å². The van der Waals surface area contributed by atoms with Gasteiger partial charge in [-0.15, -0.1) is 0 Å². The average molecular weight is 167 g/mol. The molecule has 0 saturated heterocycles. The summed E-state index contributed by atoms with van der Waals surface area (Å²) in [6.45, 7) is 3.62. The summed E-state index contributed by atoms with van der Waals surface area (Å²) in [6, 6.07) is 0. The van der Waals surface area contributed by atoms with Gasteiger partial charge in [0.1, 0.15) is 0 Å². The van der Waals surface area contributed by atoms with Gasteiger partial charge in [0.15, 0.2) is 0 Å². The van der Waals surface area contributed by atoms with Crippen molar-refractivity contribution in [2.45, 2.75) is 32.6 Å². The highest BCUT2D eigenvalue weighted by atomic mass is 14.8. The van der Waals surface area contributed by atoms with Crippen molar-refractivity contribution in [2.75, 3.05) is 13.6 Å². The van der Waals surface area contributed by atoms with Crippen molar-refractivity contribution in [3.05, 3.63) is 0 Å². The molecule has 1 heteroatoms. The molecule has 0 amide bonds. The van der Waals surface area contributed by atoms with Gasteiger partial charge in [-0.05, 0) is 62.9 Å². The Labute approximate surface area is 75.9 Å². The largest absolute Gasteiger partial charge is 0.320 e. The summed E-state index contributed by atoms with van der Waals surface area (Å²) in [6.07, 6.45) is 5.96. The van der Waals surface area contributed by atoms with Crippen LogP contribution in [0, 0.1) is 23.7 Å². The lowest BCUT2D eigenvalue weighted by Gasteiger charge is -1.98. The highest BCUT2D eigenvalue weighted by Crippen LogP contribution is 2.58. The van der Waals surface area contributed by atoms with Crippen LogP contribution in [0.5, 0.6) is 0 Å². The quantitative estimate of drug-likeness (QED) is 0.619. The summed E-state index contributed by atoms with van der Waals surface area (Å²) in [7, 11) is 2.05. The fourth-order valence-corrected chi connectivity index (χ4v) is 2.62. The molecular formula is C11H21N. The summed E-state index contributed by atoms with van der Waals surface area (Å²) in [4.78, 5) is 0. The zero-order chi connectivity index (χ0) is 8.55. The molecule has 0 aromatic heterocycles. The lowest BCUT2D eigenvalue weighted by Crippen LogP contribution is -2.07. The van der Waals surface area contributed by atoms with Crippen LogP contribution in [-0.4, -0.2) is 13.6 Å². The second-order valence-corrected chi connectivity index (χ2v) is 4.78. The van der Waals surface area contributed by atoms with E-state index in [0.717, 1.165) is 23.7 Å². The molecule has 0 spiro atoms. The average Bonchev–Trinajstić information content (AvgIpc) is 2.88. The van der Waals surface area contributed by atoms with Gasteiger partial charge in [0.05, 0.1) is 0 Å². The van der Waals surface area contributed by atoms with Gasteiger partial charge in [-0.2, -0.15) is 0 Å². The van der Waals surface area contributed by atoms with Crippen LogP contribution in [0.4, 0.5) is 0 Å². The van der Waals surface area contributed by atoms with Gasteiger partial charge in [0.25, 0.3) is 0 Å². The van der Waals surface area contributed by atoms with Gasteiger partial charge >= 0.3 is 0 Å². The fourth-order valence-electron chi connectivity index (χ4n) is 2.62. The van der Waals surface area contributed by atoms with E-state index >= 15 is 0 Å². The molecular weight excluding hydrogens is 146 g/mol. The highest BCUT2D eigenvalue weighted by molar-refractivity contribution is 5.00. The van der Waals surface area contributed by atoms with Crippen LogP contribution in [0.3, 0.4) is 0 Å². The van der Waals surface area contributed by atoms with Gasteiger partial charge < -0.3 is 5.32 Å². The first-order chi connectivity index (χ1) is 5.83. The smallest absolute Gasteiger partial charge is 0.00518 e. The van der Waals surface area contributed by atoms with Gasteiger partial charge in [-0.1, -0.05) is 6.92 Å². The molecule has 0 bridgehead atoms. The third-order valence-electron chi connectivity index (χ3n) is 3.70. The molecule has 4 atom stereocenters. The Morgan fingerprint density at radius 2 is 2.00 bits per heavy atom. The predicted octanol–water partition coefficient (Wildman–Crippen LogP) is 2.28. The molecule has 0 aromatic rings. The van der Waals surface area contributed by atoms with E-state index in [-0.39, 0.29) is 0 Å². The van der Waals surface area contributed by atoms with Crippen LogP contribution in [0.2, 0.25) is 0 Å². The molecule has 2 aliphatic carbocycles. The Morgan fingerprint density at radius 3 is 2.58 bits per heavy atom. The Morgan fingerprint density at radius 1 is 1.25 bits per heavy atom. The Balaban J connectivity index is 1.55. The van der Waals surface area contributed by atoms with E-state index in [4.69, 9.17) is 0 Å². The van der Waals surface area contributed by atoms with Crippen LogP contribution in [0.1, 0.15) is 32.6 Å². The molecule has 0 aromatic carbocycles. The van der Waals surface area contributed by atoms with Crippen molar-refractivity contribution in [1.29, 1.82) is 0 Å². The Bertz CT molecular complexity index is 155. The summed E-state index contributed by atoms with van der Waals surface area (Å²) in [5.74, 6) is 4.49. The predicted molar refractivity (Wildman–Crippen MR) is 52.0 cm³/mol. The number of nitrogens with one attached hydrogen (secondary N) is 1. The minimum atomic E-state index is 1.07. The normalized spacial score (nSPS) is 44.5. The summed E-state index contributed by atoms with van der Waals surface area (Å²) in [5, 5.41) is 3.22. The number of hydrogen-bond donors (Lipinski definition) is 1. The van der Waals surface area contributed by atoms with Gasteiger partial charge in [0.2, 0.25) is 0 Å². The van der Waals surface area contributed by atoms with Gasteiger partial charge in [0, 0.05) is 0 Å². The SMILES string of the molecule is CNCCCC1CC1C1CC1C. The van der Waals surface area contributed by atoms with E-state index < -0.39 is 0 Å². The lowest BCUT2D eigenvalue weighted by molar-refractivity contribution is 0.544. The fraction of sp³-hybridized carbons (Fsp3) is 1.00. The lowest BCUT2D eigenvalue weighted by atomic mass is 10.1. The zero-order valence-electron chi connectivity index (χ0n) is 8.34. The molecule has 2 fully saturated rings. The van der Waals surface area contributed by atoms with Crippen molar-refractivity contribution >= 4 is 0 Å². The Hall–Kier alpha value is -0.0400. The Kier molecular flexibility index (Phi) is 2.40. The minimum Gasteiger partial charge on any atom is -0.320 e. The topological polar surface area (TPSA) is 12.0 Å². The van der Waals surface area contributed by atoms with E-state index in [1.807, 2.05) is 7.05 Å². The van der Waals surface area contributed by atoms with Crippen molar-refractivity contribution in [3.8, 4) is 0 Å². The second kappa shape index (κ2) is 3.37. The zero-order valence-corrected chi connectivity index (χ0v) is 8.34. The molecule has 12 heavy (non-hydrogen) atoms. The minimum absolute atomic E-state index is 1.07. The molecule has 1 nitrogen and oxygen atoms in total. The molecule has 0 heterocycles. The number of hydrogen-bond acceptors (Lipinski definition) is 1. The van der Waals surface area contributed by atoms with Crippen molar-refractivity contribution < 1.29 is 0 Å². The van der Waals surface area contributed by atoms with E-state index in [1.54, 1.807) is 6.42 Å². The van der Waals surface area contributed by atoms with Crippen LogP contribution in [0.15, 0.2) is 0 Å². The molecule has 0 aliphatic heterocycles. The van der Waals surface area contributed by atoms with Crippen molar-refractivity contribution in [2.24, 2.45) is 23.7 Å². The van der Waals surface area contributed by atoms with Crippen LogP contribution < -0.4 is 5.32 Å². The first-order valence-electron chi connectivity index (χ1n) is 5.47.